The molecular formula is C35H48F3NO2Si. The van der Waals surface area contributed by atoms with Crippen molar-refractivity contribution in [2.75, 3.05) is 0 Å². The fraction of sp³-hybridized carbons (Fsp3) is 0.629. The van der Waals surface area contributed by atoms with Crippen LogP contribution < -0.4 is 0 Å². The van der Waals surface area contributed by atoms with E-state index in [1.807, 2.05) is 0 Å². The Morgan fingerprint density at radius 1 is 1.00 bits per heavy atom. The Labute approximate surface area is 251 Å². The summed E-state index contributed by atoms with van der Waals surface area (Å²) in [5, 5.41) is 12.2. The van der Waals surface area contributed by atoms with Crippen LogP contribution in [0.4, 0.5) is 13.2 Å². The summed E-state index contributed by atoms with van der Waals surface area (Å²) in [6, 6.07) is 5.04. The van der Waals surface area contributed by atoms with E-state index in [0.29, 0.717) is 5.56 Å². The first-order valence-electron chi connectivity index (χ1n) is 15.8. The number of aliphatic hydroxyl groups excluding tert-OH is 1. The Hall–Kier alpha value is -1.96. The van der Waals surface area contributed by atoms with Gasteiger partial charge in [-0.3, -0.25) is 4.98 Å². The van der Waals surface area contributed by atoms with E-state index in [9.17, 15) is 18.3 Å². The third kappa shape index (κ3) is 6.16. The molecule has 3 nitrogen and oxygen atoms in total. The lowest BCUT2D eigenvalue weighted by Gasteiger charge is -2.45. The van der Waals surface area contributed by atoms with Crippen molar-refractivity contribution in [2.45, 2.75) is 135 Å². The standard InChI is InChI=1S/C35H48F3NO2Si/c1-33(2,3)42(6,7)41-27-21-34(4,5)20-26-29(27)28(22-12-8-9-13-22)30(31(39-26)23-14-10-11-15-23)32(40)24-16-18-25(19-17-24)35(36,37)38/h14,16-19,22,27,32,40H,8-13,15,20-21H2,1-7H3. The van der Waals surface area contributed by atoms with Gasteiger partial charge < -0.3 is 9.53 Å². The van der Waals surface area contributed by atoms with Gasteiger partial charge in [0.15, 0.2) is 8.32 Å². The summed E-state index contributed by atoms with van der Waals surface area (Å²) in [7, 11) is -2.17. The van der Waals surface area contributed by atoms with E-state index in [1.165, 1.54) is 17.7 Å². The summed E-state index contributed by atoms with van der Waals surface area (Å²) in [6.07, 6.45) is 5.62. The molecule has 0 amide bonds. The summed E-state index contributed by atoms with van der Waals surface area (Å²) in [4.78, 5) is 5.40. The van der Waals surface area contributed by atoms with Crippen molar-refractivity contribution in [2.24, 2.45) is 5.41 Å². The maximum Gasteiger partial charge on any atom is 0.416 e. The Bertz CT molecular complexity index is 1330. The summed E-state index contributed by atoms with van der Waals surface area (Å²) < 4.78 is 47.5. The zero-order chi connectivity index (χ0) is 30.7. The third-order valence-corrected chi connectivity index (χ3v) is 14.8. The number of alkyl halides is 3. The van der Waals surface area contributed by atoms with Gasteiger partial charge in [0, 0.05) is 16.8 Å². The molecule has 42 heavy (non-hydrogen) atoms. The number of aromatic nitrogens is 1. The van der Waals surface area contributed by atoms with Crippen LogP contribution in [0, 0.1) is 5.41 Å². The summed E-state index contributed by atoms with van der Waals surface area (Å²) in [6.45, 7) is 16.0. The molecule has 3 aliphatic rings. The lowest BCUT2D eigenvalue weighted by atomic mass is 9.70. The van der Waals surface area contributed by atoms with Crippen molar-refractivity contribution in [1.29, 1.82) is 0 Å². The number of pyridine rings is 1. The van der Waals surface area contributed by atoms with Gasteiger partial charge in [-0.2, -0.15) is 13.2 Å². The van der Waals surface area contributed by atoms with Crippen LogP contribution in [0.3, 0.4) is 0 Å². The number of nitrogens with zero attached hydrogens (tertiary/aromatic N) is 1. The van der Waals surface area contributed by atoms with Crippen molar-refractivity contribution < 1.29 is 22.7 Å². The van der Waals surface area contributed by atoms with E-state index in [2.05, 4.69) is 53.8 Å². The zero-order valence-corrected chi connectivity index (χ0v) is 27.4. The first kappa shape index (κ1) is 31.5. The van der Waals surface area contributed by atoms with Crippen molar-refractivity contribution in [3.8, 4) is 0 Å². The Morgan fingerprint density at radius 2 is 1.64 bits per heavy atom. The topological polar surface area (TPSA) is 42.4 Å². The first-order chi connectivity index (χ1) is 19.5. The molecule has 3 aliphatic carbocycles. The first-order valence-corrected chi connectivity index (χ1v) is 18.7. The van der Waals surface area contributed by atoms with Crippen LogP contribution >= 0.6 is 0 Å². The molecule has 0 aliphatic heterocycles. The molecule has 1 fully saturated rings. The van der Waals surface area contributed by atoms with Gasteiger partial charge in [-0.1, -0.05) is 65.7 Å². The molecule has 7 heteroatoms. The van der Waals surface area contributed by atoms with Gasteiger partial charge in [-0.25, -0.2) is 0 Å². The number of rotatable bonds is 6. The van der Waals surface area contributed by atoms with Gasteiger partial charge in [-0.05, 0) is 103 Å². The van der Waals surface area contributed by atoms with Crippen LogP contribution in [-0.4, -0.2) is 18.4 Å². The number of fused-ring (bicyclic) bond motifs is 1. The molecule has 1 saturated carbocycles. The third-order valence-electron chi connectivity index (χ3n) is 10.3. The largest absolute Gasteiger partial charge is 0.416 e. The second-order valence-corrected chi connectivity index (χ2v) is 19.9. The molecule has 1 N–H and O–H groups in total. The van der Waals surface area contributed by atoms with Crippen molar-refractivity contribution in [3.63, 3.8) is 0 Å². The smallest absolute Gasteiger partial charge is 0.410 e. The van der Waals surface area contributed by atoms with E-state index in [-0.39, 0.29) is 22.5 Å². The molecular weight excluding hydrogens is 551 g/mol. The highest BCUT2D eigenvalue weighted by Crippen LogP contribution is 2.53. The van der Waals surface area contributed by atoms with Crippen LogP contribution in [-0.2, 0) is 17.0 Å². The fourth-order valence-electron chi connectivity index (χ4n) is 7.02. The quantitative estimate of drug-likeness (QED) is 0.336. The highest BCUT2D eigenvalue weighted by Gasteiger charge is 2.46. The Balaban J connectivity index is 1.76. The molecule has 1 aromatic carbocycles. The summed E-state index contributed by atoms with van der Waals surface area (Å²) >= 11 is 0. The molecule has 1 aromatic heterocycles. The van der Waals surface area contributed by atoms with Crippen molar-refractivity contribution in [3.05, 3.63) is 69.5 Å². The predicted molar refractivity (Wildman–Crippen MR) is 166 cm³/mol. The molecule has 0 saturated heterocycles. The average molecular weight is 600 g/mol. The molecule has 0 bridgehead atoms. The molecule has 0 radical (unpaired) electrons. The maximum atomic E-state index is 13.4. The minimum absolute atomic E-state index is 0.00879. The second kappa shape index (κ2) is 11.2. The molecule has 2 unspecified atom stereocenters. The summed E-state index contributed by atoms with van der Waals surface area (Å²) in [5.74, 6) is 0.272. The zero-order valence-electron chi connectivity index (χ0n) is 26.4. The summed E-state index contributed by atoms with van der Waals surface area (Å²) in [5.41, 5.74) is 6.01. The number of allylic oxidation sites excluding steroid dienone is 2. The van der Waals surface area contributed by atoms with Crippen LogP contribution in [0.15, 0.2) is 30.3 Å². The molecule has 1 heterocycles. The lowest BCUT2D eigenvalue weighted by Crippen LogP contribution is -2.44. The normalized spacial score (nSPS) is 22.3. The van der Waals surface area contributed by atoms with E-state index in [4.69, 9.17) is 9.41 Å². The van der Waals surface area contributed by atoms with E-state index >= 15 is 0 Å². The van der Waals surface area contributed by atoms with Crippen LogP contribution in [0.25, 0.3) is 5.57 Å². The lowest BCUT2D eigenvalue weighted by molar-refractivity contribution is -0.137. The maximum absolute atomic E-state index is 13.4. The minimum Gasteiger partial charge on any atom is -0.410 e. The van der Waals surface area contributed by atoms with Crippen LogP contribution in [0.2, 0.25) is 18.1 Å². The van der Waals surface area contributed by atoms with Gasteiger partial charge >= 0.3 is 6.18 Å². The average Bonchev–Trinajstić information content (AvgIpc) is 3.60. The fourth-order valence-corrected chi connectivity index (χ4v) is 8.29. The van der Waals surface area contributed by atoms with Gasteiger partial charge in [0.25, 0.3) is 0 Å². The number of benzene rings is 1. The number of aliphatic hydroxyl groups is 1. The van der Waals surface area contributed by atoms with Gasteiger partial charge in [0.05, 0.1) is 17.4 Å². The van der Waals surface area contributed by atoms with Gasteiger partial charge in [0.1, 0.15) is 6.10 Å². The highest BCUT2D eigenvalue weighted by atomic mass is 28.4. The minimum atomic E-state index is -4.42. The molecule has 230 valence electrons. The van der Waals surface area contributed by atoms with Crippen molar-refractivity contribution in [1.82, 2.24) is 4.98 Å². The van der Waals surface area contributed by atoms with Crippen molar-refractivity contribution >= 4 is 13.9 Å². The molecule has 5 rings (SSSR count). The van der Waals surface area contributed by atoms with E-state index < -0.39 is 26.2 Å². The molecule has 2 atom stereocenters. The predicted octanol–water partition coefficient (Wildman–Crippen LogP) is 10.4. The van der Waals surface area contributed by atoms with Crippen LogP contribution in [0.5, 0.6) is 0 Å². The monoisotopic (exact) mass is 599 g/mol. The number of hydrogen-bond acceptors (Lipinski definition) is 3. The second-order valence-electron chi connectivity index (χ2n) is 15.2. The Kier molecular flexibility index (Phi) is 8.38. The Morgan fingerprint density at radius 3 is 2.19 bits per heavy atom. The van der Waals surface area contributed by atoms with Gasteiger partial charge in [-0.15, -0.1) is 0 Å². The molecule has 2 aromatic rings. The van der Waals surface area contributed by atoms with E-state index in [0.717, 1.165) is 98.0 Å². The number of halogens is 3. The number of hydrogen-bond donors (Lipinski definition) is 1. The van der Waals surface area contributed by atoms with Gasteiger partial charge in [0.2, 0.25) is 0 Å². The van der Waals surface area contributed by atoms with Crippen LogP contribution in [0.1, 0.15) is 143 Å². The molecule has 0 spiro atoms. The SMILES string of the molecule is CC1(C)Cc2nc(C3=CCCC3)c(C(O)c3ccc(C(F)(F)F)cc3)c(C3CCCC3)c2C(O[Si](C)(C)C(C)(C)C)C1. The van der Waals surface area contributed by atoms with E-state index in [1.54, 1.807) is 0 Å². The highest BCUT2D eigenvalue weighted by molar-refractivity contribution is 6.74.